The van der Waals surface area contributed by atoms with Gasteiger partial charge in [0.05, 0.1) is 0 Å². The van der Waals surface area contributed by atoms with Crippen molar-refractivity contribution in [2.45, 2.75) is 39.2 Å². The Balaban J connectivity index is 2.14. The number of alkyl halides is 2. The summed E-state index contributed by atoms with van der Waals surface area (Å²) in [7, 11) is 0. The van der Waals surface area contributed by atoms with Gasteiger partial charge in [-0.3, -0.25) is 0 Å². The lowest BCUT2D eigenvalue weighted by atomic mass is 9.81. The molecule has 2 nitrogen and oxygen atoms in total. The molecule has 106 valence electrons. The first-order chi connectivity index (χ1) is 9.08. The fraction of sp³-hybridized carbons (Fsp3) is 0.600. The molecule has 0 bridgehead atoms. The molecule has 19 heavy (non-hydrogen) atoms. The smallest absolute Gasteiger partial charge is 0.387 e. The third kappa shape index (κ3) is 3.66. The van der Waals surface area contributed by atoms with Crippen LogP contribution in [0, 0.1) is 12.8 Å². The summed E-state index contributed by atoms with van der Waals surface area (Å²) in [5.41, 5.74) is 1.84. The van der Waals surface area contributed by atoms with Gasteiger partial charge in [-0.15, -0.1) is 0 Å². The quantitative estimate of drug-likeness (QED) is 0.900. The molecule has 1 aliphatic heterocycles. The lowest BCUT2D eigenvalue weighted by molar-refractivity contribution is -0.0503. The fourth-order valence-electron chi connectivity index (χ4n) is 2.74. The Hall–Kier alpha value is -1.16. The van der Waals surface area contributed by atoms with Crippen LogP contribution in [-0.2, 0) is 0 Å². The third-order valence-corrected chi connectivity index (χ3v) is 4.04. The molecule has 1 aliphatic rings. The Morgan fingerprint density at radius 2 is 1.95 bits per heavy atom. The Labute approximate surface area is 113 Å². The molecule has 1 aromatic carbocycles. The maximum atomic E-state index is 12.4. The molecule has 4 heteroatoms. The largest absolute Gasteiger partial charge is 0.435 e. The molecule has 0 amide bonds. The van der Waals surface area contributed by atoms with Crippen LogP contribution >= 0.6 is 0 Å². The van der Waals surface area contributed by atoms with Crippen LogP contribution in [0.4, 0.5) is 8.78 Å². The van der Waals surface area contributed by atoms with E-state index >= 15 is 0 Å². The van der Waals surface area contributed by atoms with Crippen molar-refractivity contribution < 1.29 is 13.5 Å². The summed E-state index contributed by atoms with van der Waals surface area (Å²) in [4.78, 5) is 0. The van der Waals surface area contributed by atoms with Crippen molar-refractivity contribution in [3.05, 3.63) is 29.3 Å². The summed E-state index contributed by atoms with van der Waals surface area (Å²) in [5, 5.41) is 3.34. The minimum absolute atomic E-state index is 0.299. The number of ether oxygens (including phenoxy) is 1. The predicted molar refractivity (Wildman–Crippen MR) is 71.8 cm³/mol. The van der Waals surface area contributed by atoms with Gasteiger partial charge in [0, 0.05) is 0 Å². The molecule has 1 atom stereocenters. The molecule has 0 aromatic heterocycles. The Morgan fingerprint density at radius 1 is 1.26 bits per heavy atom. The molecule has 1 unspecified atom stereocenters. The van der Waals surface area contributed by atoms with E-state index in [4.69, 9.17) is 0 Å². The van der Waals surface area contributed by atoms with E-state index in [0.717, 1.165) is 37.1 Å². The van der Waals surface area contributed by atoms with Crippen molar-refractivity contribution in [1.82, 2.24) is 5.32 Å². The highest BCUT2D eigenvalue weighted by Gasteiger charge is 2.22. The molecule has 1 fully saturated rings. The molecule has 0 spiro atoms. The number of piperidine rings is 1. The minimum Gasteiger partial charge on any atom is -0.435 e. The van der Waals surface area contributed by atoms with Crippen LogP contribution in [0.3, 0.4) is 0 Å². The summed E-state index contributed by atoms with van der Waals surface area (Å²) >= 11 is 0. The number of halogens is 2. The van der Waals surface area contributed by atoms with E-state index in [-0.39, 0.29) is 0 Å². The van der Waals surface area contributed by atoms with E-state index < -0.39 is 6.61 Å². The lowest BCUT2D eigenvalue weighted by Crippen LogP contribution is -2.30. The lowest BCUT2D eigenvalue weighted by Gasteiger charge is -2.29. The predicted octanol–water partition coefficient (Wildman–Crippen LogP) is 3.70. The summed E-state index contributed by atoms with van der Waals surface area (Å²) in [6.45, 7) is 3.29. The highest BCUT2D eigenvalue weighted by molar-refractivity contribution is 5.38. The zero-order chi connectivity index (χ0) is 13.8. The number of hydrogen-bond acceptors (Lipinski definition) is 2. The van der Waals surface area contributed by atoms with Crippen LogP contribution in [0.15, 0.2) is 18.2 Å². The van der Waals surface area contributed by atoms with E-state index in [1.54, 1.807) is 13.0 Å². The summed E-state index contributed by atoms with van der Waals surface area (Å²) in [5.74, 6) is 1.29. The highest BCUT2D eigenvalue weighted by atomic mass is 19.3. The van der Waals surface area contributed by atoms with Crippen LogP contribution in [0.1, 0.15) is 36.8 Å². The van der Waals surface area contributed by atoms with Crippen LogP contribution in [0.2, 0.25) is 0 Å². The first-order valence-corrected chi connectivity index (χ1v) is 6.84. The number of nitrogens with one attached hydrogen (secondary N) is 1. The number of aryl methyl sites for hydroxylation is 1. The molecule has 2 rings (SSSR count). The molecule has 1 N–H and O–H groups in total. The van der Waals surface area contributed by atoms with Gasteiger partial charge in [-0.2, -0.15) is 8.78 Å². The van der Waals surface area contributed by atoms with Crippen molar-refractivity contribution in [3.8, 4) is 5.75 Å². The average Bonchev–Trinajstić information content (AvgIpc) is 2.41. The maximum Gasteiger partial charge on any atom is 0.387 e. The van der Waals surface area contributed by atoms with Gasteiger partial charge in [-0.1, -0.05) is 19.1 Å². The SMILES string of the molecule is Cc1ccc(C(C)C2CCNCC2)cc1OC(F)F. The van der Waals surface area contributed by atoms with E-state index in [1.807, 2.05) is 12.1 Å². The Bertz CT molecular complexity index is 417. The minimum atomic E-state index is -2.76. The van der Waals surface area contributed by atoms with Gasteiger partial charge in [0.2, 0.25) is 0 Å². The van der Waals surface area contributed by atoms with Crippen molar-refractivity contribution >= 4 is 0 Å². The van der Waals surface area contributed by atoms with E-state index in [1.165, 1.54) is 0 Å². The molecule has 1 saturated heterocycles. The molecule has 0 saturated carbocycles. The average molecular weight is 269 g/mol. The second-order valence-electron chi connectivity index (χ2n) is 5.28. The zero-order valence-electron chi connectivity index (χ0n) is 11.5. The Morgan fingerprint density at radius 3 is 2.58 bits per heavy atom. The first-order valence-electron chi connectivity index (χ1n) is 6.84. The van der Waals surface area contributed by atoms with E-state index in [2.05, 4.69) is 17.0 Å². The van der Waals surface area contributed by atoms with Crippen LogP contribution < -0.4 is 10.1 Å². The number of hydrogen-bond donors (Lipinski definition) is 1. The van der Waals surface area contributed by atoms with Crippen molar-refractivity contribution in [2.75, 3.05) is 13.1 Å². The van der Waals surface area contributed by atoms with Gasteiger partial charge >= 0.3 is 6.61 Å². The van der Waals surface area contributed by atoms with E-state index in [9.17, 15) is 8.78 Å². The second-order valence-corrected chi connectivity index (χ2v) is 5.28. The monoisotopic (exact) mass is 269 g/mol. The normalized spacial score (nSPS) is 18.6. The van der Waals surface area contributed by atoms with Crippen LogP contribution in [-0.4, -0.2) is 19.7 Å². The van der Waals surface area contributed by atoms with Gasteiger partial charge in [0.15, 0.2) is 0 Å². The van der Waals surface area contributed by atoms with Crippen molar-refractivity contribution in [2.24, 2.45) is 5.92 Å². The number of rotatable bonds is 4. The summed E-state index contributed by atoms with van der Waals surface area (Å²) < 4.78 is 29.3. The highest BCUT2D eigenvalue weighted by Crippen LogP contribution is 2.33. The van der Waals surface area contributed by atoms with Crippen LogP contribution in [0.25, 0.3) is 0 Å². The van der Waals surface area contributed by atoms with E-state index in [0.29, 0.717) is 17.6 Å². The Kier molecular flexibility index (Phi) is 4.75. The molecular weight excluding hydrogens is 248 g/mol. The topological polar surface area (TPSA) is 21.3 Å². The maximum absolute atomic E-state index is 12.4. The van der Waals surface area contributed by atoms with Crippen LogP contribution in [0.5, 0.6) is 5.75 Å². The third-order valence-electron chi connectivity index (χ3n) is 4.04. The standard InChI is InChI=1S/C15H21F2NO/c1-10-3-4-13(9-14(10)19-15(16)17)11(2)12-5-7-18-8-6-12/h3-4,9,11-12,15,18H,5-8H2,1-2H3. The van der Waals surface area contributed by atoms with Crippen molar-refractivity contribution in [1.29, 1.82) is 0 Å². The van der Waals surface area contributed by atoms with Gasteiger partial charge < -0.3 is 10.1 Å². The molecule has 0 aliphatic carbocycles. The van der Waals surface area contributed by atoms with Gasteiger partial charge in [0.25, 0.3) is 0 Å². The second kappa shape index (κ2) is 6.33. The van der Waals surface area contributed by atoms with Crippen molar-refractivity contribution in [3.63, 3.8) is 0 Å². The molecule has 1 aromatic rings. The first kappa shape index (κ1) is 14.3. The van der Waals surface area contributed by atoms with Gasteiger partial charge in [-0.25, -0.2) is 0 Å². The fourth-order valence-corrected chi connectivity index (χ4v) is 2.74. The molecular formula is C15H21F2NO. The van der Waals surface area contributed by atoms with Gasteiger partial charge in [-0.05, 0) is 61.9 Å². The molecule has 0 radical (unpaired) electrons. The number of benzene rings is 1. The van der Waals surface area contributed by atoms with Gasteiger partial charge in [0.1, 0.15) is 5.75 Å². The zero-order valence-corrected chi connectivity index (χ0v) is 11.5. The molecule has 1 heterocycles. The summed E-state index contributed by atoms with van der Waals surface area (Å²) in [6, 6.07) is 5.67. The summed E-state index contributed by atoms with van der Waals surface area (Å²) in [6.07, 6.45) is 2.28.